The summed E-state index contributed by atoms with van der Waals surface area (Å²) in [6.07, 6.45) is 0.896. The van der Waals surface area contributed by atoms with Crippen LogP contribution in [0.3, 0.4) is 0 Å². The van der Waals surface area contributed by atoms with Crippen LogP contribution in [0.1, 0.15) is 30.4 Å². The number of urea groups is 1. The summed E-state index contributed by atoms with van der Waals surface area (Å²) < 4.78 is 1.90. The van der Waals surface area contributed by atoms with Gasteiger partial charge in [0.15, 0.2) is 5.65 Å². The lowest BCUT2D eigenvalue weighted by Gasteiger charge is -2.23. The Morgan fingerprint density at radius 2 is 1.80 bits per heavy atom. The first kappa shape index (κ1) is 20.1. The number of anilines is 1. The Balaban J connectivity index is 1.71. The maximum absolute atomic E-state index is 12.3. The summed E-state index contributed by atoms with van der Waals surface area (Å²) in [6, 6.07) is 8.30. The minimum absolute atomic E-state index is 0.00624. The summed E-state index contributed by atoms with van der Waals surface area (Å²) in [5.41, 5.74) is 3.93. The molecular weight excluding hydrogens is 378 g/mol. The molecule has 1 aromatic carbocycles. The molecule has 0 aliphatic carbocycles. The lowest BCUT2D eigenvalue weighted by molar-refractivity contribution is 0.202. The molecule has 2 amide bonds. The van der Waals surface area contributed by atoms with E-state index in [4.69, 9.17) is 15.1 Å². The van der Waals surface area contributed by atoms with Crippen molar-refractivity contribution in [2.75, 3.05) is 37.6 Å². The topological polar surface area (TPSA) is 79.2 Å². The lowest BCUT2D eigenvalue weighted by Crippen LogP contribution is -2.42. The van der Waals surface area contributed by atoms with Gasteiger partial charge in [0.05, 0.1) is 16.8 Å². The maximum Gasteiger partial charge on any atom is 0.317 e. The van der Waals surface area contributed by atoms with Gasteiger partial charge < -0.3 is 15.1 Å². The molecule has 0 saturated carbocycles. The molecule has 8 nitrogen and oxygen atoms in total. The van der Waals surface area contributed by atoms with Gasteiger partial charge in [0.2, 0.25) is 0 Å². The summed E-state index contributed by atoms with van der Waals surface area (Å²) in [4.78, 5) is 25.9. The number of benzene rings is 1. The number of amides is 2. The molecule has 30 heavy (non-hydrogen) atoms. The molecule has 1 aliphatic heterocycles. The monoisotopic (exact) mass is 407 g/mol. The van der Waals surface area contributed by atoms with Crippen LogP contribution in [0.15, 0.2) is 24.3 Å². The quantitative estimate of drug-likeness (QED) is 0.722. The van der Waals surface area contributed by atoms with E-state index in [2.05, 4.69) is 41.4 Å². The first-order valence-corrected chi connectivity index (χ1v) is 10.6. The molecule has 1 saturated heterocycles. The van der Waals surface area contributed by atoms with Crippen LogP contribution < -0.4 is 10.2 Å². The van der Waals surface area contributed by atoms with E-state index in [0.29, 0.717) is 13.1 Å². The Kier molecular flexibility index (Phi) is 5.57. The van der Waals surface area contributed by atoms with Crippen LogP contribution in [-0.2, 0) is 0 Å². The second-order valence-electron chi connectivity index (χ2n) is 7.79. The smallest absolute Gasteiger partial charge is 0.317 e. The standard InChI is InChI=1S/C22H29N7O/c1-5-23-22(30)28-12-6-11-27(13-14-28)20-19-16(3)26-29(21(19)25-17(4)24-20)18-9-7-15(2)8-10-18/h7-10H,5-6,11-14H2,1-4H3,(H,23,30). The van der Waals surface area contributed by atoms with E-state index in [1.54, 1.807) is 0 Å². The van der Waals surface area contributed by atoms with Gasteiger partial charge in [0, 0.05) is 32.7 Å². The second-order valence-corrected chi connectivity index (χ2v) is 7.79. The first-order valence-electron chi connectivity index (χ1n) is 10.6. The molecule has 3 aromatic rings. The zero-order valence-corrected chi connectivity index (χ0v) is 18.1. The van der Waals surface area contributed by atoms with Crippen molar-refractivity contribution in [3.05, 3.63) is 41.3 Å². The molecule has 4 rings (SSSR count). The number of nitrogens with one attached hydrogen (secondary N) is 1. The number of aryl methyl sites for hydroxylation is 3. The lowest BCUT2D eigenvalue weighted by atomic mass is 10.2. The van der Waals surface area contributed by atoms with E-state index in [9.17, 15) is 4.79 Å². The van der Waals surface area contributed by atoms with Crippen molar-refractivity contribution < 1.29 is 4.79 Å². The Bertz CT molecular complexity index is 1060. The van der Waals surface area contributed by atoms with Gasteiger partial charge in [-0.05, 0) is 46.2 Å². The van der Waals surface area contributed by atoms with Crippen molar-refractivity contribution in [1.82, 2.24) is 30.0 Å². The van der Waals surface area contributed by atoms with Crippen LogP contribution in [0.2, 0.25) is 0 Å². The fourth-order valence-electron chi connectivity index (χ4n) is 3.96. The zero-order chi connectivity index (χ0) is 21.3. The highest BCUT2D eigenvalue weighted by Gasteiger charge is 2.24. The number of aromatic nitrogens is 4. The summed E-state index contributed by atoms with van der Waals surface area (Å²) in [7, 11) is 0. The minimum Gasteiger partial charge on any atom is -0.354 e. The van der Waals surface area contributed by atoms with Crippen molar-refractivity contribution in [1.29, 1.82) is 0 Å². The van der Waals surface area contributed by atoms with E-state index in [-0.39, 0.29) is 6.03 Å². The van der Waals surface area contributed by atoms with Gasteiger partial charge in [-0.15, -0.1) is 0 Å². The molecule has 0 unspecified atom stereocenters. The fourth-order valence-corrected chi connectivity index (χ4v) is 3.96. The van der Waals surface area contributed by atoms with Gasteiger partial charge in [-0.25, -0.2) is 19.4 Å². The highest BCUT2D eigenvalue weighted by atomic mass is 16.2. The number of nitrogens with zero attached hydrogens (tertiary/aromatic N) is 6. The molecular formula is C22H29N7O. The van der Waals surface area contributed by atoms with Gasteiger partial charge in [0.25, 0.3) is 0 Å². The van der Waals surface area contributed by atoms with Crippen LogP contribution in [0.5, 0.6) is 0 Å². The van der Waals surface area contributed by atoms with Crippen molar-refractivity contribution in [3.8, 4) is 5.69 Å². The highest BCUT2D eigenvalue weighted by Crippen LogP contribution is 2.29. The Morgan fingerprint density at radius 1 is 1.03 bits per heavy atom. The van der Waals surface area contributed by atoms with Gasteiger partial charge in [-0.1, -0.05) is 17.7 Å². The minimum atomic E-state index is 0.00624. The molecule has 2 aromatic heterocycles. The summed E-state index contributed by atoms with van der Waals surface area (Å²) >= 11 is 0. The van der Waals surface area contributed by atoms with Crippen molar-refractivity contribution >= 4 is 22.9 Å². The molecule has 0 atom stereocenters. The third-order valence-electron chi connectivity index (χ3n) is 5.48. The molecule has 1 aliphatic rings. The molecule has 3 heterocycles. The number of fused-ring (bicyclic) bond motifs is 1. The SMILES string of the molecule is CCNC(=O)N1CCCN(c2nc(C)nc3c2c(C)nn3-c2ccc(C)cc2)CC1. The average Bonchev–Trinajstić information content (AvgIpc) is 2.90. The van der Waals surface area contributed by atoms with Crippen molar-refractivity contribution in [3.63, 3.8) is 0 Å². The molecule has 1 fully saturated rings. The van der Waals surface area contributed by atoms with E-state index >= 15 is 0 Å². The average molecular weight is 408 g/mol. The Morgan fingerprint density at radius 3 is 2.53 bits per heavy atom. The molecule has 8 heteroatoms. The third-order valence-corrected chi connectivity index (χ3v) is 5.48. The predicted molar refractivity (Wildman–Crippen MR) is 118 cm³/mol. The molecule has 0 bridgehead atoms. The number of carbonyl (C=O) groups excluding carboxylic acids is 1. The largest absolute Gasteiger partial charge is 0.354 e. The molecule has 1 N–H and O–H groups in total. The number of hydrogen-bond acceptors (Lipinski definition) is 5. The number of hydrogen-bond donors (Lipinski definition) is 1. The third kappa shape index (κ3) is 3.81. The summed E-state index contributed by atoms with van der Waals surface area (Å²) in [5, 5.41) is 8.67. The summed E-state index contributed by atoms with van der Waals surface area (Å²) in [5.74, 6) is 1.63. The van der Waals surface area contributed by atoms with E-state index < -0.39 is 0 Å². The molecule has 0 spiro atoms. The Hall–Kier alpha value is -3.16. The predicted octanol–water partition coefficient (Wildman–Crippen LogP) is 2.98. The van der Waals surface area contributed by atoms with Crippen LogP contribution in [-0.4, -0.2) is 63.4 Å². The van der Waals surface area contributed by atoms with Crippen molar-refractivity contribution in [2.45, 2.75) is 34.1 Å². The number of carbonyl (C=O) groups is 1. The van der Waals surface area contributed by atoms with Gasteiger partial charge in [-0.3, -0.25) is 0 Å². The van der Waals surface area contributed by atoms with Crippen LogP contribution in [0, 0.1) is 20.8 Å². The summed E-state index contributed by atoms with van der Waals surface area (Å²) in [6.45, 7) is 11.6. The zero-order valence-electron chi connectivity index (χ0n) is 18.1. The van der Waals surface area contributed by atoms with Gasteiger partial charge in [-0.2, -0.15) is 5.10 Å². The van der Waals surface area contributed by atoms with Crippen LogP contribution in [0.4, 0.5) is 10.6 Å². The van der Waals surface area contributed by atoms with Gasteiger partial charge >= 0.3 is 6.03 Å². The normalized spacial score (nSPS) is 14.8. The molecule has 0 radical (unpaired) electrons. The first-order chi connectivity index (χ1) is 14.5. The number of rotatable bonds is 3. The maximum atomic E-state index is 12.3. The van der Waals surface area contributed by atoms with E-state index in [1.165, 1.54) is 5.56 Å². The van der Waals surface area contributed by atoms with Crippen molar-refractivity contribution in [2.24, 2.45) is 0 Å². The van der Waals surface area contributed by atoms with Crippen LogP contribution in [0.25, 0.3) is 16.7 Å². The molecule has 158 valence electrons. The Labute approximate surface area is 176 Å². The second kappa shape index (κ2) is 8.30. The fraction of sp³-hybridized carbons (Fsp3) is 0.455. The highest BCUT2D eigenvalue weighted by molar-refractivity contribution is 5.91. The van der Waals surface area contributed by atoms with Crippen LogP contribution >= 0.6 is 0 Å². The van der Waals surface area contributed by atoms with E-state index in [0.717, 1.165) is 60.1 Å². The van der Waals surface area contributed by atoms with Gasteiger partial charge in [0.1, 0.15) is 11.6 Å². The van der Waals surface area contributed by atoms with E-state index in [1.807, 2.05) is 30.4 Å².